The standard InChI is InChI=1S/C18H20N8O/c1-18(27)9-11(10-18)21-17-23-16(19-2)15-12(4-7-26(15)24-17)13-5-8-25-14(22-13)3-6-20-25/h3-8,11,27H,9-10H2,1-2H3,(H2,19,21,23,24). The van der Waals surface area contributed by atoms with Gasteiger partial charge in [0.05, 0.1) is 17.5 Å². The maximum Gasteiger partial charge on any atom is 0.243 e. The van der Waals surface area contributed by atoms with Crippen molar-refractivity contribution in [2.45, 2.75) is 31.4 Å². The molecule has 1 saturated carbocycles. The van der Waals surface area contributed by atoms with Crippen LogP contribution < -0.4 is 10.6 Å². The van der Waals surface area contributed by atoms with Gasteiger partial charge in [0, 0.05) is 37.1 Å². The van der Waals surface area contributed by atoms with Gasteiger partial charge in [-0.2, -0.15) is 10.1 Å². The van der Waals surface area contributed by atoms with E-state index in [4.69, 9.17) is 0 Å². The first-order chi connectivity index (χ1) is 13.0. The van der Waals surface area contributed by atoms with E-state index >= 15 is 0 Å². The predicted molar refractivity (Wildman–Crippen MR) is 102 cm³/mol. The number of hydrogen-bond donors (Lipinski definition) is 3. The van der Waals surface area contributed by atoms with Crippen molar-refractivity contribution in [1.29, 1.82) is 0 Å². The normalized spacial score (nSPS) is 22.1. The van der Waals surface area contributed by atoms with E-state index in [2.05, 4.69) is 30.8 Å². The zero-order valence-corrected chi connectivity index (χ0v) is 15.1. The molecule has 3 N–H and O–H groups in total. The molecule has 0 spiro atoms. The van der Waals surface area contributed by atoms with Crippen LogP contribution in [0.1, 0.15) is 19.8 Å². The van der Waals surface area contributed by atoms with Crippen LogP contribution in [0.5, 0.6) is 0 Å². The highest BCUT2D eigenvalue weighted by Gasteiger charge is 2.38. The Balaban J connectivity index is 1.55. The Labute approximate surface area is 155 Å². The number of nitrogens with zero attached hydrogens (tertiary/aromatic N) is 6. The second-order valence-electron chi connectivity index (χ2n) is 7.25. The van der Waals surface area contributed by atoms with Crippen LogP contribution in [0, 0.1) is 0 Å². The number of nitrogens with one attached hydrogen (secondary N) is 2. The van der Waals surface area contributed by atoms with Gasteiger partial charge in [0.2, 0.25) is 5.95 Å². The van der Waals surface area contributed by atoms with Gasteiger partial charge in [0.25, 0.3) is 0 Å². The Morgan fingerprint density at radius 3 is 2.74 bits per heavy atom. The molecule has 9 nitrogen and oxygen atoms in total. The second-order valence-corrected chi connectivity index (χ2v) is 7.25. The van der Waals surface area contributed by atoms with Crippen LogP contribution in [0.3, 0.4) is 0 Å². The largest absolute Gasteiger partial charge is 0.390 e. The number of anilines is 2. The summed E-state index contributed by atoms with van der Waals surface area (Å²) in [5, 5.41) is 25.1. The van der Waals surface area contributed by atoms with Crippen molar-refractivity contribution in [1.82, 2.24) is 29.2 Å². The molecule has 0 radical (unpaired) electrons. The van der Waals surface area contributed by atoms with Gasteiger partial charge in [-0.25, -0.2) is 14.0 Å². The molecule has 0 aliphatic heterocycles. The maximum atomic E-state index is 9.91. The van der Waals surface area contributed by atoms with E-state index in [1.807, 2.05) is 44.6 Å². The van der Waals surface area contributed by atoms with Crippen LogP contribution >= 0.6 is 0 Å². The lowest BCUT2D eigenvalue weighted by atomic mass is 9.77. The molecular formula is C18H20N8O. The highest BCUT2D eigenvalue weighted by atomic mass is 16.3. The first kappa shape index (κ1) is 16.0. The molecule has 138 valence electrons. The quantitative estimate of drug-likeness (QED) is 0.507. The van der Waals surface area contributed by atoms with E-state index in [1.165, 1.54) is 0 Å². The highest BCUT2D eigenvalue weighted by Crippen LogP contribution is 2.34. The number of rotatable bonds is 4. The highest BCUT2D eigenvalue weighted by molar-refractivity contribution is 5.87. The van der Waals surface area contributed by atoms with Crippen LogP contribution in [0.2, 0.25) is 0 Å². The summed E-state index contributed by atoms with van der Waals surface area (Å²) in [5.41, 5.74) is 2.84. The molecule has 4 aromatic heterocycles. The Kier molecular flexibility index (Phi) is 3.35. The lowest BCUT2D eigenvalue weighted by Gasteiger charge is -2.41. The number of aliphatic hydroxyl groups is 1. The fourth-order valence-corrected chi connectivity index (χ4v) is 3.72. The Morgan fingerprint density at radius 1 is 1.15 bits per heavy atom. The minimum atomic E-state index is -0.591. The number of hydrogen-bond acceptors (Lipinski definition) is 7. The molecule has 0 bridgehead atoms. The molecule has 4 aromatic rings. The second kappa shape index (κ2) is 5.65. The SMILES string of the molecule is CNc1nc(NC2CC(C)(O)C2)nn2ccc(-c3ccn4nccc4n3)c12. The lowest BCUT2D eigenvalue weighted by Crippen LogP contribution is -2.48. The van der Waals surface area contributed by atoms with E-state index in [-0.39, 0.29) is 6.04 Å². The van der Waals surface area contributed by atoms with Crippen molar-refractivity contribution in [2.24, 2.45) is 0 Å². The molecule has 0 atom stereocenters. The first-order valence-electron chi connectivity index (χ1n) is 8.89. The van der Waals surface area contributed by atoms with E-state index in [1.54, 1.807) is 15.2 Å². The zero-order valence-electron chi connectivity index (χ0n) is 15.1. The van der Waals surface area contributed by atoms with E-state index in [0.717, 1.165) is 22.4 Å². The molecule has 4 heterocycles. The van der Waals surface area contributed by atoms with Gasteiger partial charge < -0.3 is 15.7 Å². The van der Waals surface area contributed by atoms with Crippen molar-refractivity contribution >= 4 is 22.9 Å². The Morgan fingerprint density at radius 2 is 1.96 bits per heavy atom. The van der Waals surface area contributed by atoms with Gasteiger partial charge in [0.1, 0.15) is 5.52 Å². The van der Waals surface area contributed by atoms with E-state index in [9.17, 15) is 5.11 Å². The van der Waals surface area contributed by atoms with Crippen molar-refractivity contribution in [3.63, 3.8) is 0 Å². The van der Waals surface area contributed by atoms with Crippen molar-refractivity contribution in [3.05, 3.63) is 36.8 Å². The summed E-state index contributed by atoms with van der Waals surface area (Å²) >= 11 is 0. The van der Waals surface area contributed by atoms with Crippen LogP contribution in [0.15, 0.2) is 36.8 Å². The average molecular weight is 364 g/mol. The van der Waals surface area contributed by atoms with Gasteiger partial charge in [-0.3, -0.25) is 0 Å². The van der Waals surface area contributed by atoms with E-state index in [0.29, 0.717) is 24.6 Å². The minimum absolute atomic E-state index is 0.183. The Bertz CT molecular complexity index is 1140. The summed E-state index contributed by atoms with van der Waals surface area (Å²) in [5.74, 6) is 1.25. The van der Waals surface area contributed by atoms with Gasteiger partial charge >= 0.3 is 0 Å². The predicted octanol–water partition coefficient (Wildman–Crippen LogP) is 1.81. The van der Waals surface area contributed by atoms with Crippen molar-refractivity contribution in [3.8, 4) is 11.3 Å². The molecule has 5 rings (SSSR count). The third-order valence-corrected chi connectivity index (χ3v) is 4.99. The molecule has 0 saturated heterocycles. The fraction of sp³-hybridized carbons (Fsp3) is 0.333. The van der Waals surface area contributed by atoms with Crippen molar-refractivity contribution in [2.75, 3.05) is 17.7 Å². The third-order valence-electron chi connectivity index (χ3n) is 4.99. The van der Waals surface area contributed by atoms with Crippen LogP contribution in [0.25, 0.3) is 22.4 Å². The number of aromatic nitrogens is 6. The molecule has 27 heavy (non-hydrogen) atoms. The summed E-state index contributed by atoms with van der Waals surface area (Å²) in [6.07, 6.45) is 6.89. The first-order valence-corrected chi connectivity index (χ1v) is 8.89. The molecule has 9 heteroatoms. The molecule has 1 aliphatic rings. The topological polar surface area (TPSA) is 105 Å². The van der Waals surface area contributed by atoms with E-state index < -0.39 is 5.60 Å². The zero-order chi connectivity index (χ0) is 18.6. The summed E-state index contributed by atoms with van der Waals surface area (Å²) in [6.45, 7) is 1.84. The van der Waals surface area contributed by atoms with Crippen LogP contribution in [-0.4, -0.2) is 53.0 Å². The van der Waals surface area contributed by atoms with Crippen LogP contribution in [-0.2, 0) is 0 Å². The summed E-state index contributed by atoms with van der Waals surface area (Å²) in [7, 11) is 1.84. The molecule has 0 aromatic carbocycles. The molecule has 0 unspecified atom stereocenters. The van der Waals surface area contributed by atoms with Gasteiger partial charge in [-0.15, -0.1) is 5.10 Å². The maximum absolute atomic E-state index is 9.91. The van der Waals surface area contributed by atoms with Gasteiger partial charge in [0.15, 0.2) is 11.5 Å². The Hall–Kier alpha value is -3.20. The van der Waals surface area contributed by atoms with Crippen molar-refractivity contribution < 1.29 is 5.11 Å². The molecule has 0 amide bonds. The summed E-state index contributed by atoms with van der Waals surface area (Å²) in [6, 6.07) is 5.96. The fourth-order valence-electron chi connectivity index (χ4n) is 3.72. The average Bonchev–Trinajstić information content (AvgIpc) is 3.25. The summed E-state index contributed by atoms with van der Waals surface area (Å²) < 4.78 is 3.53. The number of fused-ring (bicyclic) bond motifs is 2. The lowest BCUT2D eigenvalue weighted by molar-refractivity contribution is -0.0236. The van der Waals surface area contributed by atoms with Crippen LogP contribution in [0.4, 0.5) is 11.8 Å². The monoisotopic (exact) mass is 364 g/mol. The molecule has 1 aliphatic carbocycles. The molecular weight excluding hydrogens is 344 g/mol. The summed E-state index contributed by atoms with van der Waals surface area (Å²) in [4.78, 5) is 9.29. The third kappa shape index (κ3) is 2.67. The van der Waals surface area contributed by atoms with Gasteiger partial charge in [-0.1, -0.05) is 0 Å². The smallest absolute Gasteiger partial charge is 0.243 e. The van der Waals surface area contributed by atoms with Gasteiger partial charge in [-0.05, 0) is 31.9 Å². The minimum Gasteiger partial charge on any atom is -0.390 e. The molecule has 1 fully saturated rings.